The molecule has 1 amide bonds. The van der Waals surface area contributed by atoms with E-state index in [-0.39, 0.29) is 40.0 Å². The lowest BCUT2D eigenvalue weighted by Crippen LogP contribution is -2.40. The van der Waals surface area contributed by atoms with Crippen molar-refractivity contribution in [3.63, 3.8) is 0 Å². The third-order valence-corrected chi connectivity index (χ3v) is 7.85. The fraction of sp³-hybridized carbons (Fsp3) is 0.500. The van der Waals surface area contributed by atoms with Crippen molar-refractivity contribution in [3.05, 3.63) is 55.4 Å². The van der Waals surface area contributed by atoms with Crippen LogP contribution in [0.4, 0.5) is 17.1 Å². The topological polar surface area (TPSA) is 129 Å². The van der Waals surface area contributed by atoms with Crippen LogP contribution in [0.15, 0.2) is 21.9 Å². The van der Waals surface area contributed by atoms with Crippen LogP contribution in [0.5, 0.6) is 5.75 Å². The third kappa shape index (κ3) is 3.75. The minimum atomic E-state index is -0.673. The molecule has 0 bridgehead atoms. The summed E-state index contributed by atoms with van der Waals surface area (Å²) >= 11 is 0. The molecular formula is C26H32N6O4. The molecule has 0 saturated heterocycles. The second-order valence-electron chi connectivity index (χ2n) is 10.5. The molecule has 10 nitrogen and oxygen atoms in total. The number of fused-ring (bicyclic) bond motifs is 1. The van der Waals surface area contributed by atoms with Crippen LogP contribution in [-0.4, -0.2) is 44.8 Å². The third-order valence-electron chi connectivity index (χ3n) is 7.85. The van der Waals surface area contributed by atoms with Gasteiger partial charge in [0.25, 0.3) is 16.8 Å². The number of rotatable bonds is 7. The molecule has 10 heteroatoms. The maximum Gasteiger partial charge on any atom is 0.275 e. The number of amides is 1. The van der Waals surface area contributed by atoms with Crippen molar-refractivity contribution in [2.24, 2.45) is 5.41 Å². The molecule has 1 fully saturated rings. The quantitative estimate of drug-likeness (QED) is 0.429. The average Bonchev–Trinajstić information content (AvgIpc) is 3.57. The Morgan fingerprint density at radius 3 is 2.53 bits per heavy atom. The summed E-state index contributed by atoms with van der Waals surface area (Å²) in [4.78, 5) is 43.0. The summed E-state index contributed by atoms with van der Waals surface area (Å²) in [5.41, 5.74) is 2.15. The van der Waals surface area contributed by atoms with Crippen molar-refractivity contribution in [1.29, 1.82) is 0 Å². The SMILES string of the molecule is Cc1c(C(Nc2c(Nc3ccnc(C(=O)N(C)C)c3O)c(=O)c2=O)C2(C)CCCC2)nn2c1CCC2. The van der Waals surface area contributed by atoms with Crippen molar-refractivity contribution < 1.29 is 9.90 Å². The fourth-order valence-electron chi connectivity index (χ4n) is 5.67. The van der Waals surface area contributed by atoms with E-state index in [2.05, 4.69) is 34.1 Å². The van der Waals surface area contributed by atoms with E-state index < -0.39 is 16.8 Å². The van der Waals surface area contributed by atoms with Crippen LogP contribution in [0.3, 0.4) is 0 Å². The molecule has 1 atom stereocenters. The molecule has 1 aromatic carbocycles. The van der Waals surface area contributed by atoms with E-state index in [1.807, 2.05) is 0 Å². The fourth-order valence-corrected chi connectivity index (χ4v) is 5.67. The molecule has 36 heavy (non-hydrogen) atoms. The molecule has 2 aliphatic rings. The van der Waals surface area contributed by atoms with Gasteiger partial charge in [-0.2, -0.15) is 5.10 Å². The van der Waals surface area contributed by atoms with E-state index in [1.165, 1.54) is 22.9 Å². The number of carbonyl (C=O) groups excluding carboxylic acids is 1. The Labute approximate surface area is 209 Å². The number of hydrogen-bond donors (Lipinski definition) is 3. The molecule has 190 valence electrons. The number of aromatic hydroxyl groups is 1. The molecule has 5 rings (SSSR count). The van der Waals surface area contributed by atoms with Gasteiger partial charge in [0.05, 0.1) is 17.4 Å². The molecule has 1 saturated carbocycles. The maximum atomic E-state index is 12.8. The standard InChI is InChI=1S/C26H32N6O4/c1-14-16-8-7-13-32(16)30-17(14)24(26(2)10-5-6-11-26)29-19-18(22(34)23(19)35)28-15-9-12-27-20(21(15)33)25(36)31(3)4/h9,12,24,29,33H,5-8,10-11,13H2,1-4H3,(H,27,28). The van der Waals surface area contributed by atoms with Gasteiger partial charge in [-0.15, -0.1) is 0 Å². The van der Waals surface area contributed by atoms with Crippen LogP contribution < -0.4 is 21.5 Å². The minimum absolute atomic E-state index is 0.0701. The summed E-state index contributed by atoms with van der Waals surface area (Å²) in [5, 5.41) is 21.9. The monoisotopic (exact) mass is 492 g/mol. The average molecular weight is 493 g/mol. The molecule has 3 N–H and O–H groups in total. The van der Waals surface area contributed by atoms with Crippen molar-refractivity contribution in [2.45, 2.75) is 65.0 Å². The highest BCUT2D eigenvalue weighted by molar-refractivity contribution is 5.97. The number of hydrogen-bond acceptors (Lipinski definition) is 8. The van der Waals surface area contributed by atoms with E-state index in [9.17, 15) is 19.5 Å². The Bertz CT molecular complexity index is 1410. The van der Waals surface area contributed by atoms with Gasteiger partial charge in [0.15, 0.2) is 11.4 Å². The molecular weight excluding hydrogens is 460 g/mol. The minimum Gasteiger partial charge on any atom is -0.504 e. The van der Waals surface area contributed by atoms with Gasteiger partial charge in [-0.05, 0) is 49.7 Å². The number of nitrogens with zero attached hydrogens (tertiary/aromatic N) is 4. The van der Waals surface area contributed by atoms with E-state index in [0.717, 1.165) is 56.3 Å². The van der Waals surface area contributed by atoms with Gasteiger partial charge in [0.1, 0.15) is 11.4 Å². The summed E-state index contributed by atoms with van der Waals surface area (Å²) in [5.74, 6) is -0.854. The zero-order valence-electron chi connectivity index (χ0n) is 21.1. The molecule has 0 spiro atoms. The van der Waals surface area contributed by atoms with Crippen LogP contribution >= 0.6 is 0 Å². The highest BCUT2D eigenvalue weighted by atomic mass is 16.3. The molecule has 2 aromatic heterocycles. The summed E-state index contributed by atoms with van der Waals surface area (Å²) in [6.45, 7) is 5.20. The molecule has 1 aliphatic carbocycles. The van der Waals surface area contributed by atoms with Crippen LogP contribution in [0, 0.1) is 12.3 Å². The highest BCUT2D eigenvalue weighted by Gasteiger charge is 2.42. The van der Waals surface area contributed by atoms with Crippen molar-refractivity contribution in [3.8, 4) is 5.75 Å². The smallest absolute Gasteiger partial charge is 0.275 e. The van der Waals surface area contributed by atoms with Crippen LogP contribution in [-0.2, 0) is 13.0 Å². The van der Waals surface area contributed by atoms with E-state index >= 15 is 0 Å². The predicted molar refractivity (Wildman–Crippen MR) is 137 cm³/mol. The summed E-state index contributed by atoms with van der Waals surface area (Å²) in [7, 11) is 3.11. The first-order valence-corrected chi connectivity index (χ1v) is 12.4. The molecule has 1 aliphatic heterocycles. The van der Waals surface area contributed by atoms with E-state index in [0.29, 0.717) is 0 Å². The predicted octanol–water partition coefficient (Wildman–Crippen LogP) is 3.01. The first kappa shape index (κ1) is 24.0. The van der Waals surface area contributed by atoms with Crippen LogP contribution in [0.1, 0.15) is 72.5 Å². The number of pyridine rings is 1. The van der Waals surface area contributed by atoms with Crippen molar-refractivity contribution in [2.75, 3.05) is 24.7 Å². The lowest BCUT2D eigenvalue weighted by molar-refractivity contribution is 0.0819. The lowest BCUT2D eigenvalue weighted by Gasteiger charge is -2.35. The molecule has 0 radical (unpaired) electrons. The maximum absolute atomic E-state index is 12.8. The molecule has 3 heterocycles. The first-order valence-electron chi connectivity index (χ1n) is 12.4. The number of anilines is 3. The molecule has 3 aromatic rings. The van der Waals surface area contributed by atoms with Gasteiger partial charge >= 0.3 is 0 Å². The Hall–Kier alpha value is -3.69. The van der Waals surface area contributed by atoms with E-state index in [4.69, 9.17) is 5.10 Å². The van der Waals surface area contributed by atoms with Gasteiger partial charge in [-0.3, -0.25) is 19.1 Å². The summed E-state index contributed by atoms with van der Waals surface area (Å²) in [6.07, 6.45) is 7.63. The second kappa shape index (κ2) is 8.76. The second-order valence-corrected chi connectivity index (χ2v) is 10.5. The first-order chi connectivity index (χ1) is 17.1. The Kier molecular flexibility index (Phi) is 5.84. The van der Waals surface area contributed by atoms with E-state index in [1.54, 1.807) is 14.1 Å². The lowest BCUT2D eigenvalue weighted by atomic mass is 9.77. The summed E-state index contributed by atoms with van der Waals surface area (Å²) < 4.78 is 2.07. The van der Waals surface area contributed by atoms with Gasteiger partial charge in [0.2, 0.25) is 0 Å². The zero-order chi connectivity index (χ0) is 25.8. The Morgan fingerprint density at radius 2 is 1.86 bits per heavy atom. The van der Waals surface area contributed by atoms with Gasteiger partial charge < -0.3 is 20.6 Å². The Morgan fingerprint density at radius 1 is 1.17 bits per heavy atom. The number of aromatic nitrogens is 3. The number of aryl methyl sites for hydroxylation is 1. The van der Waals surface area contributed by atoms with Crippen molar-refractivity contribution in [1.82, 2.24) is 19.7 Å². The number of nitrogens with one attached hydrogen (secondary N) is 2. The molecule has 1 unspecified atom stereocenters. The van der Waals surface area contributed by atoms with Gasteiger partial charge in [0, 0.05) is 32.5 Å². The summed E-state index contributed by atoms with van der Waals surface area (Å²) in [6, 6.07) is 1.22. The Balaban J connectivity index is 1.51. The highest BCUT2D eigenvalue weighted by Crippen LogP contribution is 2.49. The van der Waals surface area contributed by atoms with Crippen LogP contribution in [0.25, 0.3) is 0 Å². The van der Waals surface area contributed by atoms with Crippen molar-refractivity contribution >= 4 is 23.0 Å². The van der Waals surface area contributed by atoms with Crippen LogP contribution in [0.2, 0.25) is 0 Å². The largest absolute Gasteiger partial charge is 0.504 e. The van der Waals surface area contributed by atoms with Gasteiger partial charge in [-0.25, -0.2) is 4.98 Å². The normalized spacial score (nSPS) is 17.2. The number of carbonyl (C=O) groups is 1. The zero-order valence-corrected chi connectivity index (χ0v) is 21.1. The van der Waals surface area contributed by atoms with Gasteiger partial charge in [-0.1, -0.05) is 19.8 Å².